The van der Waals surface area contributed by atoms with Gasteiger partial charge >= 0.3 is 17.9 Å². The van der Waals surface area contributed by atoms with E-state index in [4.69, 9.17) is 14.2 Å². The lowest BCUT2D eigenvalue weighted by Gasteiger charge is -2.18. The van der Waals surface area contributed by atoms with Crippen molar-refractivity contribution < 1.29 is 28.6 Å². The second kappa shape index (κ2) is 54.7. The molecule has 0 bridgehead atoms. The maximum absolute atomic E-state index is 12.9. The Morgan fingerprint density at radius 3 is 0.721 bits per heavy atom. The van der Waals surface area contributed by atoms with Gasteiger partial charge in [0.15, 0.2) is 6.10 Å². The van der Waals surface area contributed by atoms with E-state index in [2.05, 4.69) is 34.6 Å². The first-order valence-corrected chi connectivity index (χ1v) is 30.7. The summed E-state index contributed by atoms with van der Waals surface area (Å²) in [5.74, 6) is 0.840. The minimum absolute atomic E-state index is 0.0622. The van der Waals surface area contributed by atoms with E-state index in [0.29, 0.717) is 19.3 Å². The third-order valence-electron chi connectivity index (χ3n) is 14.2. The molecule has 0 unspecified atom stereocenters. The van der Waals surface area contributed by atoms with Crippen molar-refractivity contribution >= 4 is 17.9 Å². The molecule has 0 saturated heterocycles. The summed E-state index contributed by atoms with van der Waals surface area (Å²) in [4.78, 5) is 38.2. The van der Waals surface area contributed by atoms with Crippen LogP contribution in [-0.2, 0) is 28.6 Å². The molecular weight excluding hydrogens is 841 g/mol. The molecule has 0 spiro atoms. The number of esters is 3. The fourth-order valence-corrected chi connectivity index (χ4v) is 9.58. The molecule has 0 heterocycles. The summed E-state index contributed by atoms with van der Waals surface area (Å²) in [6.45, 7) is 11.4. The third kappa shape index (κ3) is 55.3. The zero-order valence-corrected chi connectivity index (χ0v) is 46.7. The minimum Gasteiger partial charge on any atom is -0.462 e. The first kappa shape index (κ1) is 66.4. The van der Waals surface area contributed by atoms with Crippen LogP contribution in [0.25, 0.3) is 0 Å². The highest BCUT2D eigenvalue weighted by molar-refractivity contribution is 5.71. The average Bonchev–Trinajstić information content (AvgIpc) is 3.31. The van der Waals surface area contributed by atoms with Crippen molar-refractivity contribution in [2.75, 3.05) is 13.2 Å². The highest BCUT2D eigenvalue weighted by atomic mass is 16.6. The van der Waals surface area contributed by atoms with Crippen LogP contribution in [0.2, 0.25) is 0 Å². The number of carbonyl (C=O) groups excluding carboxylic acids is 3. The van der Waals surface area contributed by atoms with Crippen LogP contribution in [-0.4, -0.2) is 37.2 Å². The van der Waals surface area contributed by atoms with Crippen LogP contribution < -0.4 is 0 Å². The first-order valence-electron chi connectivity index (χ1n) is 30.7. The molecule has 68 heavy (non-hydrogen) atoms. The first-order chi connectivity index (χ1) is 33.2. The summed E-state index contributed by atoms with van der Waals surface area (Å²) in [5.41, 5.74) is 0. The Morgan fingerprint density at radius 1 is 0.279 bits per heavy atom. The fraction of sp³-hybridized carbons (Fsp3) is 0.952. The van der Waals surface area contributed by atoms with Gasteiger partial charge in [-0.3, -0.25) is 14.4 Å². The summed E-state index contributed by atoms with van der Waals surface area (Å²) in [6, 6.07) is 0. The van der Waals surface area contributed by atoms with Gasteiger partial charge in [0.05, 0.1) is 0 Å². The van der Waals surface area contributed by atoms with Crippen molar-refractivity contribution in [3.63, 3.8) is 0 Å². The van der Waals surface area contributed by atoms with E-state index in [1.54, 1.807) is 0 Å². The van der Waals surface area contributed by atoms with Gasteiger partial charge in [0, 0.05) is 19.3 Å². The lowest BCUT2D eigenvalue weighted by molar-refractivity contribution is -0.167. The lowest BCUT2D eigenvalue weighted by Crippen LogP contribution is -2.30. The molecule has 0 aromatic rings. The van der Waals surface area contributed by atoms with E-state index in [-0.39, 0.29) is 31.1 Å². The summed E-state index contributed by atoms with van der Waals surface area (Å²) >= 11 is 0. The van der Waals surface area contributed by atoms with E-state index in [0.717, 1.165) is 69.6 Å². The highest BCUT2D eigenvalue weighted by Gasteiger charge is 2.19. The highest BCUT2D eigenvalue weighted by Crippen LogP contribution is 2.19. The fourth-order valence-electron chi connectivity index (χ4n) is 9.58. The summed E-state index contributed by atoms with van der Waals surface area (Å²) in [5, 5.41) is 0. The largest absolute Gasteiger partial charge is 0.462 e. The SMILES string of the molecule is CCCCCCCCCCCCCCCCCCCCC(=O)OC[C@@H](COC(=O)CCCCCCCCCCCCCC(C)C)OC(=O)CCCCCCCCCCCCCCCCCC(C)C. The topological polar surface area (TPSA) is 78.9 Å². The maximum atomic E-state index is 12.9. The Labute approximate surface area is 425 Å². The molecule has 0 N–H and O–H groups in total. The van der Waals surface area contributed by atoms with Gasteiger partial charge in [-0.1, -0.05) is 311 Å². The molecule has 1 atom stereocenters. The van der Waals surface area contributed by atoms with Crippen molar-refractivity contribution in [2.24, 2.45) is 11.8 Å². The van der Waals surface area contributed by atoms with Crippen LogP contribution in [0, 0.1) is 11.8 Å². The van der Waals surface area contributed by atoms with Crippen molar-refractivity contribution in [2.45, 2.75) is 355 Å². The molecule has 6 nitrogen and oxygen atoms in total. The molecule has 0 amide bonds. The van der Waals surface area contributed by atoms with Gasteiger partial charge in [-0.05, 0) is 31.1 Å². The third-order valence-corrected chi connectivity index (χ3v) is 14.2. The van der Waals surface area contributed by atoms with Gasteiger partial charge in [-0.15, -0.1) is 0 Å². The Morgan fingerprint density at radius 2 is 0.485 bits per heavy atom. The molecule has 0 aromatic heterocycles. The average molecular weight is 962 g/mol. The van der Waals surface area contributed by atoms with Crippen LogP contribution in [0.1, 0.15) is 349 Å². The predicted octanol–water partition coefficient (Wildman–Crippen LogP) is 20.4. The Kier molecular flexibility index (Phi) is 53.5. The number of hydrogen-bond donors (Lipinski definition) is 0. The molecule has 0 aliphatic rings. The van der Waals surface area contributed by atoms with Crippen molar-refractivity contribution in [1.82, 2.24) is 0 Å². The molecule has 6 heteroatoms. The van der Waals surface area contributed by atoms with Gasteiger partial charge < -0.3 is 14.2 Å². The monoisotopic (exact) mass is 961 g/mol. The Balaban J connectivity index is 4.28. The summed E-state index contributed by atoms with van der Waals surface area (Å²) in [6.07, 6.45) is 59.6. The second-order valence-electron chi connectivity index (χ2n) is 22.3. The van der Waals surface area contributed by atoms with E-state index in [1.807, 2.05) is 0 Å². The summed E-state index contributed by atoms with van der Waals surface area (Å²) < 4.78 is 16.9. The van der Waals surface area contributed by atoms with Crippen LogP contribution in [0.4, 0.5) is 0 Å². The number of carbonyl (C=O) groups is 3. The Bertz CT molecular complexity index is 1040. The molecule has 0 aromatic carbocycles. The molecular formula is C62H120O6. The maximum Gasteiger partial charge on any atom is 0.306 e. The Hall–Kier alpha value is -1.59. The van der Waals surface area contributed by atoms with Crippen LogP contribution in [0.15, 0.2) is 0 Å². The number of ether oxygens (including phenoxy) is 3. The number of rotatable bonds is 56. The summed E-state index contributed by atoms with van der Waals surface area (Å²) in [7, 11) is 0. The lowest BCUT2D eigenvalue weighted by atomic mass is 10.0. The van der Waals surface area contributed by atoms with Crippen LogP contribution >= 0.6 is 0 Å². The smallest absolute Gasteiger partial charge is 0.306 e. The quantitative estimate of drug-likeness (QED) is 0.0343. The van der Waals surface area contributed by atoms with Gasteiger partial charge in [-0.25, -0.2) is 0 Å². The molecule has 0 aliphatic heterocycles. The molecule has 0 rings (SSSR count). The molecule has 0 saturated carbocycles. The van der Waals surface area contributed by atoms with Crippen molar-refractivity contribution in [3.05, 3.63) is 0 Å². The molecule has 404 valence electrons. The van der Waals surface area contributed by atoms with E-state index in [1.165, 1.54) is 238 Å². The van der Waals surface area contributed by atoms with E-state index < -0.39 is 6.10 Å². The molecule has 0 fully saturated rings. The van der Waals surface area contributed by atoms with E-state index in [9.17, 15) is 14.4 Å². The van der Waals surface area contributed by atoms with Gasteiger partial charge in [0.2, 0.25) is 0 Å². The minimum atomic E-state index is -0.763. The zero-order valence-electron chi connectivity index (χ0n) is 46.7. The molecule has 0 aliphatic carbocycles. The van der Waals surface area contributed by atoms with Gasteiger partial charge in [0.1, 0.15) is 13.2 Å². The number of unbranched alkanes of at least 4 members (excludes halogenated alkanes) is 41. The normalized spacial score (nSPS) is 12.0. The van der Waals surface area contributed by atoms with Gasteiger partial charge in [0.25, 0.3) is 0 Å². The van der Waals surface area contributed by atoms with Gasteiger partial charge in [-0.2, -0.15) is 0 Å². The van der Waals surface area contributed by atoms with Crippen LogP contribution in [0.5, 0.6) is 0 Å². The van der Waals surface area contributed by atoms with Crippen molar-refractivity contribution in [1.29, 1.82) is 0 Å². The predicted molar refractivity (Wildman–Crippen MR) is 293 cm³/mol. The van der Waals surface area contributed by atoms with Crippen LogP contribution in [0.3, 0.4) is 0 Å². The second-order valence-corrected chi connectivity index (χ2v) is 22.3. The zero-order chi connectivity index (χ0) is 49.6. The number of hydrogen-bond acceptors (Lipinski definition) is 6. The van der Waals surface area contributed by atoms with E-state index >= 15 is 0 Å². The molecule has 0 radical (unpaired) electrons. The van der Waals surface area contributed by atoms with Crippen molar-refractivity contribution in [3.8, 4) is 0 Å². The standard InChI is InChI=1S/C62H120O6/c1-6-7-8-9-10-11-12-13-14-15-16-19-22-27-32-37-42-47-52-60(63)66-55-59(56-67-61(64)53-48-43-38-33-29-24-26-31-36-41-46-51-58(4)5)68-62(65)54-49-44-39-34-28-23-20-17-18-21-25-30-35-40-45-50-57(2)3/h57-59H,6-56H2,1-5H3/t59-/m0/s1.